The maximum absolute atomic E-state index is 5.37. The van der Waals surface area contributed by atoms with Gasteiger partial charge in [-0.3, -0.25) is 0 Å². The van der Waals surface area contributed by atoms with Crippen molar-refractivity contribution >= 4 is 8.80 Å². The summed E-state index contributed by atoms with van der Waals surface area (Å²) in [5.74, 6) is 0.826. The molecule has 0 spiro atoms. The van der Waals surface area contributed by atoms with E-state index >= 15 is 0 Å². The number of aromatic nitrogens is 4. The van der Waals surface area contributed by atoms with Crippen LogP contribution in [0.15, 0.2) is 0 Å². The zero-order chi connectivity index (χ0) is 14.8. The van der Waals surface area contributed by atoms with Gasteiger partial charge in [0.15, 0.2) is 5.82 Å². The zero-order valence-electron chi connectivity index (χ0n) is 13.0. The minimum atomic E-state index is -2.48. The van der Waals surface area contributed by atoms with E-state index in [0.717, 1.165) is 31.1 Å². The summed E-state index contributed by atoms with van der Waals surface area (Å²) >= 11 is 0. The minimum Gasteiger partial charge on any atom is -0.377 e. The van der Waals surface area contributed by atoms with E-state index in [-0.39, 0.29) is 0 Å². The number of hydrogen-bond donors (Lipinski definition) is 0. The first kappa shape index (κ1) is 17.2. The quantitative estimate of drug-likeness (QED) is 0.457. The van der Waals surface area contributed by atoms with Gasteiger partial charge in [0.2, 0.25) is 0 Å². The third-order valence-corrected chi connectivity index (χ3v) is 6.10. The van der Waals surface area contributed by atoms with E-state index in [9.17, 15) is 0 Å². The van der Waals surface area contributed by atoms with Crippen molar-refractivity contribution in [2.75, 3.05) is 21.3 Å². The molecule has 0 aliphatic heterocycles. The summed E-state index contributed by atoms with van der Waals surface area (Å²) in [6.45, 7) is 2.88. The van der Waals surface area contributed by atoms with Crippen molar-refractivity contribution in [3.63, 3.8) is 0 Å². The second kappa shape index (κ2) is 9.17. The molecule has 0 aromatic carbocycles. The van der Waals surface area contributed by atoms with E-state index in [1.54, 1.807) is 26.1 Å². The number of hydrogen-bond acceptors (Lipinski definition) is 6. The summed E-state index contributed by atoms with van der Waals surface area (Å²) in [6, 6.07) is 0.739. The molecule has 0 N–H and O–H groups in total. The lowest BCUT2D eigenvalue weighted by atomic mass is 10.2. The Morgan fingerprint density at radius 2 is 1.75 bits per heavy atom. The van der Waals surface area contributed by atoms with Gasteiger partial charge in [-0.1, -0.05) is 19.8 Å². The Morgan fingerprint density at radius 3 is 2.35 bits per heavy atom. The van der Waals surface area contributed by atoms with Crippen molar-refractivity contribution in [3.05, 3.63) is 5.82 Å². The van der Waals surface area contributed by atoms with Crippen LogP contribution in [0.25, 0.3) is 0 Å². The highest BCUT2D eigenvalue weighted by atomic mass is 28.4. The van der Waals surface area contributed by atoms with Crippen LogP contribution in [0.5, 0.6) is 0 Å². The van der Waals surface area contributed by atoms with E-state index < -0.39 is 8.80 Å². The lowest BCUT2D eigenvalue weighted by Gasteiger charge is -2.23. The molecule has 20 heavy (non-hydrogen) atoms. The Labute approximate surface area is 122 Å². The molecule has 0 atom stereocenters. The molecule has 7 nitrogen and oxygen atoms in total. The second-order valence-electron chi connectivity index (χ2n) is 4.66. The average molecular weight is 302 g/mol. The number of aryl methyl sites for hydroxylation is 2. The van der Waals surface area contributed by atoms with Gasteiger partial charge in [0, 0.05) is 33.8 Å². The Hall–Kier alpha value is -0.833. The van der Waals surface area contributed by atoms with Crippen molar-refractivity contribution in [3.8, 4) is 0 Å². The molecular formula is C12H26N4O3Si. The molecule has 0 aliphatic rings. The third kappa shape index (κ3) is 5.27. The van der Waals surface area contributed by atoms with Gasteiger partial charge in [0.1, 0.15) is 0 Å². The molecular weight excluding hydrogens is 276 g/mol. The second-order valence-corrected chi connectivity index (χ2v) is 7.75. The van der Waals surface area contributed by atoms with E-state index in [1.807, 2.05) is 0 Å². The lowest BCUT2D eigenvalue weighted by molar-refractivity contribution is 0.122. The van der Waals surface area contributed by atoms with Crippen LogP contribution in [0.3, 0.4) is 0 Å². The van der Waals surface area contributed by atoms with Crippen LogP contribution < -0.4 is 0 Å². The first-order chi connectivity index (χ1) is 9.69. The Morgan fingerprint density at radius 1 is 1.05 bits per heavy atom. The van der Waals surface area contributed by atoms with Crippen LogP contribution in [0.4, 0.5) is 0 Å². The normalized spacial score (nSPS) is 12.0. The summed E-state index contributed by atoms with van der Waals surface area (Å²) in [4.78, 5) is 1.64. The fourth-order valence-corrected chi connectivity index (χ4v) is 3.70. The van der Waals surface area contributed by atoms with Gasteiger partial charge in [0.25, 0.3) is 0 Å². The molecule has 0 radical (unpaired) electrons. The van der Waals surface area contributed by atoms with Crippen molar-refractivity contribution in [1.29, 1.82) is 0 Å². The van der Waals surface area contributed by atoms with Crippen molar-refractivity contribution in [2.24, 2.45) is 0 Å². The van der Waals surface area contributed by atoms with Gasteiger partial charge in [0.05, 0.1) is 6.54 Å². The number of tetrazole rings is 1. The smallest absolute Gasteiger partial charge is 0.377 e. The van der Waals surface area contributed by atoms with Crippen LogP contribution in [-0.4, -0.2) is 50.3 Å². The van der Waals surface area contributed by atoms with E-state index in [4.69, 9.17) is 13.3 Å². The Bertz CT molecular complexity index is 363. The molecule has 1 aromatic heterocycles. The van der Waals surface area contributed by atoms with Gasteiger partial charge < -0.3 is 13.3 Å². The maximum atomic E-state index is 5.37. The molecule has 0 saturated carbocycles. The fourth-order valence-electron chi connectivity index (χ4n) is 2.00. The SMILES string of the molecule is CCCCCc1nnn(CCC[Si](OC)(OC)OC)n1. The summed E-state index contributed by atoms with van der Waals surface area (Å²) in [5, 5.41) is 12.5. The molecule has 116 valence electrons. The van der Waals surface area contributed by atoms with E-state index in [0.29, 0.717) is 6.54 Å². The summed E-state index contributed by atoms with van der Waals surface area (Å²) in [5.41, 5.74) is 0. The first-order valence-electron chi connectivity index (χ1n) is 7.11. The first-order valence-corrected chi connectivity index (χ1v) is 9.05. The summed E-state index contributed by atoms with van der Waals surface area (Å²) < 4.78 is 16.1. The van der Waals surface area contributed by atoms with Crippen LogP contribution >= 0.6 is 0 Å². The Kier molecular flexibility index (Phi) is 7.89. The average Bonchev–Trinajstić information content (AvgIpc) is 2.92. The van der Waals surface area contributed by atoms with Crippen molar-refractivity contribution in [1.82, 2.24) is 20.2 Å². The molecule has 0 aliphatic carbocycles. The molecule has 0 amide bonds. The van der Waals surface area contributed by atoms with E-state index in [1.165, 1.54) is 12.8 Å². The zero-order valence-corrected chi connectivity index (χ0v) is 14.0. The highest BCUT2D eigenvalue weighted by Crippen LogP contribution is 2.15. The highest BCUT2D eigenvalue weighted by Gasteiger charge is 2.36. The highest BCUT2D eigenvalue weighted by molar-refractivity contribution is 6.60. The summed E-state index contributed by atoms with van der Waals surface area (Å²) in [7, 11) is 2.39. The molecule has 0 fully saturated rings. The van der Waals surface area contributed by atoms with Crippen LogP contribution in [0.2, 0.25) is 6.04 Å². The molecule has 1 rings (SSSR count). The van der Waals surface area contributed by atoms with Gasteiger partial charge >= 0.3 is 8.80 Å². The van der Waals surface area contributed by atoms with Gasteiger partial charge in [-0.25, -0.2) is 0 Å². The summed E-state index contributed by atoms with van der Waals surface area (Å²) in [6.07, 6.45) is 5.27. The molecule has 1 heterocycles. The topological polar surface area (TPSA) is 71.3 Å². The van der Waals surface area contributed by atoms with Crippen LogP contribution in [0.1, 0.15) is 38.4 Å². The largest absolute Gasteiger partial charge is 0.500 e. The monoisotopic (exact) mass is 302 g/mol. The van der Waals surface area contributed by atoms with E-state index in [2.05, 4.69) is 22.3 Å². The molecule has 1 aromatic rings. The lowest BCUT2D eigenvalue weighted by Crippen LogP contribution is -2.42. The minimum absolute atomic E-state index is 0.700. The maximum Gasteiger partial charge on any atom is 0.500 e. The predicted octanol–water partition coefficient (Wildman–Crippen LogP) is 1.67. The van der Waals surface area contributed by atoms with Crippen molar-refractivity contribution in [2.45, 2.75) is 51.6 Å². The van der Waals surface area contributed by atoms with Gasteiger partial charge in [-0.05, 0) is 18.1 Å². The van der Waals surface area contributed by atoms with Crippen LogP contribution in [0, 0.1) is 0 Å². The number of unbranched alkanes of at least 4 members (excludes halogenated alkanes) is 2. The molecule has 0 saturated heterocycles. The Balaban J connectivity index is 2.35. The fraction of sp³-hybridized carbons (Fsp3) is 0.917. The third-order valence-electron chi connectivity index (χ3n) is 3.27. The number of rotatable bonds is 11. The van der Waals surface area contributed by atoms with Gasteiger partial charge in [-0.15, -0.1) is 10.2 Å². The number of nitrogens with zero attached hydrogens (tertiary/aromatic N) is 4. The molecule has 8 heteroatoms. The standard InChI is InChI=1S/C12H26N4O3Si/c1-5-6-7-9-12-13-15-16(14-12)10-8-11-20(17-2,18-3)19-4/h5-11H2,1-4H3. The molecule has 0 unspecified atom stereocenters. The van der Waals surface area contributed by atoms with Crippen LogP contribution in [-0.2, 0) is 26.2 Å². The predicted molar refractivity (Wildman–Crippen MR) is 77.3 cm³/mol. The van der Waals surface area contributed by atoms with Gasteiger partial charge in [-0.2, -0.15) is 4.80 Å². The molecule has 0 bridgehead atoms. The van der Waals surface area contributed by atoms with Crippen molar-refractivity contribution < 1.29 is 13.3 Å².